The van der Waals surface area contributed by atoms with E-state index in [1.807, 2.05) is 13.8 Å². The van der Waals surface area contributed by atoms with Gasteiger partial charge in [-0.25, -0.2) is 13.2 Å². The fraction of sp³-hybridized carbons (Fsp3) is 0.621. The Hall–Kier alpha value is -3.36. The van der Waals surface area contributed by atoms with Gasteiger partial charge < -0.3 is 34.2 Å². The zero-order valence-electron chi connectivity index (χ0n) is 26.0. The normalized spacial score (nSPS) is 21.3. The fourth-order valence-corrected chi connectivity index (χ4v) is 5.43. The van der Waals surface area contributed by atoms with Crippen molar-refractivity contribution >= 4 is 33.3 Å². The van der Waals surface area contributed by atoms with Gasteiger partial charge in [-0.15, -0.1) is 0 Å². The maximum atomic E-state index is 14.1. The molecule has 0 fully saturated rings. The predicted octanol–water partition coefficient (Wildman–Crippen LogP) is 3.62. The van der Waals surface area contributed by atoms with E-state index in [0.717, 1.165) is 19.1 Å². The van der Waals surface area contributed by atoms with Crippen molar-refractivity contribution in [2.45, 2.75) is 72.1 Å². The molecular weight excluding hydrogens is 578 g/mol. The third-order valence-electron chi connectivity index (χ3n) is 7.42. The number of benzene rings is 1. The van der Waals surface area contributed by atoms with E-state index >= 15 is 0 Å². The molecule has 240 valence electrons. The maximum absolute atomic E-state index is 14.1. The van der Waals surface area contributed by atoms with Gasteiger partial charge in [-0.2, -0.15) is 0 Å². The van der Waals surface area contributed by atoms with E-state index in [4.69, 9.17) is 14.0 Å². The van der Waals surface area contributed by atoms with Gasteiger partial charge in [-0.1, -0.05) is 12.1 Å². The molecule has 4 atom stereocenters. The highest BCUT2D eigenvalue weighted by Crippen LogP contribution is 2.29. The number of aryl methyl sites for hydroxylation is 2. The SMILES string of the molecule is Cc1noc(C)c1NC(=O)N(C)C[C@H]1OCCCC[C@H](C)Oc2ccc(NS(C)(=O)=O)cc2C(=O)N([C@@H](C)CO)C[C@@H]1C. The number of carbonyl (C=O) groups excluding carboxylic acids is 2. The summed E-state index contributed by atoms with van der Waals surface area (Å²) < 4.78 is 43.9. The van der Waals surface area contributed by atoms with Crippen molar-refractivity contribution < 1.29 is 37.1 Å². The summed E-state index contributed by atoms with van der Waals surface area (Å²) in [5.74, 6) is 0.159. The number of aliphatic hydroxyl groups is 1. The third kappa shape index (κ3) is 9.57. The van der Waals surface area contributed by atoms with Crippen molar-refractivity contribution in [2.24, 2.45) is 5.92 Å². The van der Waals surface area contributed by atoms with Gasteiger partial charge in [0.05, 0.1) is 36.7 Å². The second kappa shape index (κ2) is 14.9. The lowest BCUT2D eigenvalue weighted by Crippen LogP contribution is -2.48. The van der Waals surface area contributed by atoms with Gasteiger partial charge in [0.15, 0.2) is 5.76 Å². The molecule has 3 amide bonds. The summed E-state index contributed by atoms with van der Waals surface area (Å²) in [6.45, 7) is 9.64. The Morgan fingerprint density at radius 3 is 2.60 bits per heavy atom. The second-order valence-electron chi connectivity index (χ2n) is 11.4. The molecule has 1 aliphatic heterocycles. The Kier molecular flexibility index (Phi) is 11.8. The molecule has 14 heteroatoms. The van der Waals surface area contributed by atoms with E-state index < -0.39 is 28.1 Å². The van der Waals surface area contributed by atoms with Crippen LogP contribution in [0.4, 0.5) is 16.2 Å². The Labute approximate surface area is 253 Å². The van der Waals surface area contributed by atoms with Crippen LogP contribution in [0.3, 0.4) is 0 Å². The van der Waals surface area contributed by atoms with Gasteiger partial charge in [-0.05, 0) is 65.2 Å². The molecule has 1 aliphatic rings. The molecule has 2 heterocycles. The number of amides is 3. The van der Waals surface area contributed by atoms with E-state index in [9.17, 15) is 23.1 Å². The third-order valence-corrected chi connectivity index (χ3v) is 8.03. The molecule has 0 aliphatic carbocycles. The first-order chi connectivity index (χ1) is 20.2. The Morgan fingerprint density at radius 1 is 1.26 bits per heavy atom. The number of sulfonamides is 1. The molecular formula is C29H45N5O8S. The molecule has 0 saturated heterocycles. The summed E-state index contributed by atoms with van der Waals surface area (Å²) in [4.78, 5) is 30.2. The topological polar surface area (TPSA) is 164 Å². The van der Waals surface area contributed by atoms with Crippen molar-refractivity contribution in [3.63, 3.8) is 0 Å². The Bertz CT molecular complexity index is 1350. The van der Waals surface area contributed by atoms with Crippen LogP contribution in [0.25, 0.3) is 0 Å². The number of nitrogens with one attached hydrogen (secondary N) is 2. The minimum absolute atomic E-state index is 0.179. The number of carbonyl (C=O) groups is 2. The van der Waals surface area contributed by atoms with Crippen LogP contribution in [-0.4, -0.2) is 98.3 Å². The van der Waals surface area contributed by atoms with Crippen molar-refractivity contribution in [1.82, 2.24) is 15.0 Å². The number of aliphatic hydroxyl groups excluding tert-OH is 1. The monoisotopic (exact) mass is 623 g/mol. The molecule has 0 spiro atoms. The lowest BCUT2D eigenvalue weighted by molar-refractivity contribution is -0.0115. The average molecular weight is 624 g/mol. The summed E-state index contributed by atoms with van der Waals surface area (Å²) in [5.41, 5.74) is 1.50. The molecule has 0 saturated carbocycles. The van der Waals surface area contributed by atoms with Crippen molar-refractivity contribution in [2.75, 3.05) is 49.6 Å². The lowest BCUT2D eigenvalue weighted by atomic mass is 10.0. The largest absolute Gasteiger partial charge is 0.490 e. The Balaban J connectivity index is 1.92. The zero-order chi connectivity index (χ0) is 31.9. The molecule has 3 N–H and O–H groups in total. The van der Waals surface area contributed by atoms with Crippen LogP contribution in [0.15, 0.2) is 22.7 Å². The number of nitrogens with zero attached hydrogens (tertiary/aromatic N) is 3. The minimum atomic E-state index is -3.59. The number of anilines is 2. The van der Waals surface area contributed by atoms with E-state index in [2.05, 4.69) is 15.2 Å². The predicted molar refractivity (Wildman–Crippen MR) is 163 cm³/mol. The van der Waals surface area contributed by atoms with Gasteiger partial charge >= 0.3 is 6.03 Å². The smallest absolute Gasteiger partial charge is 0.321 e. The van der Waals surface area contributed by atoms with E-state index in [0.29, 0.717) is 35.9 Å². The number of hydrogen-bond acceptors (Lipinski definition) is 9. The van der Waals surface area contributed by atoms with Crippen LogP contribution in [0.5, 0.6) is 5.75 Å². The molecule has 0 radical (unpaired) electrons. The molecule has 43 heavy (non-hydrogen) atoms. The van der Waals surface area contributed by atoms with E-state index in [-0.39, 0.29) is 49.0 Å². The summed E-state index contributed by atoms with van der Waals surface area (Å²) in [6.07, 6.45) is 2.67. The van der Waals surface area contributed by atoms with Gasteiger partial charge in [-0.3, -0.25) is 9.52 Å². The quantitative estimate of drug-likeness (QED) is 0.418. The fourth-order valence-electron chi connectivity index (χ4n) is 4.88. The highest BCUT2D eigenvalue weighted by atomic mass is 32.2. The number of urea groups is 1. The van der Waals surface area contributed by atoms with Gasteiger partial charge in [0.1, 0.15) is 17.1 Å². The standard InChI is InChI=1S/C29H45N5O8S/c1-18-15-34(19(2)17-35)28(36)24-14-23(32-43(7,38)39)11-12-25(24)41-20(3)10-8-9-13-40-26(18)16-33(6)29(37)30-27-21(4)31-42-22(27)5/h11-12,14,18-20,26,32,35H,8-10,13,15-17H2,1-7H3,(H,30,37)/t18-,19-,20-,26+/m0/s1. The van der Waals surface area contributed by atoms with Gasteiger partial charge in [0, 0.05) is 38.3 Å². The van der Waals surface area contributed by atoms with E-state index in [1.165, 1.54) is 15.9 Å². The van der Waals surface area contributed by atoms with Crippen LogP contribution in [-0.2, 0) is 14.8 Å². The number of fused-ring (bicyclic) bond motifs is 1. The highest BCUT2D eigenvalue weighted by Gasteiger charge is 2.31. The van der Waals surface area contributed by atoms with Crippen LogP contribution in [0, 0.1) is 19.8 Å². The second-order valence-corrected chi connectivity index (χ2v) is 13.1. The van der Waals surface area contributed by atoms with Crippen LogP contribution in [0.1, 0.15) is 61.8 Å². The molecule has 3 rings (SSSR count). The summed E-state index contributed by atoms with van der Waals surface area (Å²) in [6, 6.07) is 3.68. The lowest BCUT2D eigenvalue weighted by Gasteiger charge is -2.35. The number of aromatic nitrogens is 1. The first kappa shape index (κ1) is 34.1. The molecule has 0 unspecified atom stereocenters. The summed E-state index contributed by atoms with van der Waals surface area (Å²) >= 11 is 0. The maximum Gasteiger partial charge on any atom is 0.321 e. The first-order valence-electron chi connectivity index (χ1n) is 14.5. The van der Waals surface area contributed by atoms with Gasteiger partial charge in [0.2, 0.25) is 10.0 Å². The van der Waals surface area contributed by atoms with Crippen LogP contribution in [0.2, 0.25) is 0 Å². The van der Waals surface area contributed by atoms with Crippen LogP contribution >= 0.6 is 0 Å². The van der Waals surface area contributed by atoms with Crippen molar-refractivity contribution in [1.29, 1.82) is 0 Å². The van der Waals surface area contributed by atoms with E-state index in [1.54, 1.807) is 40.0 Å². The first-order valence-corrected chi connectivity index (χ1v) is 16.4. The highest BCUT2D eigenvalue weighted by molar-refractivity contribution is 7.92. The summed E-state index contributed by atoms with van der Waals surface area (Å²) in [5, 5.41) is 16.8. The molecule has 1 aromatic carbocycles. The molecule has 2 aromatic rings. The zero-order valence-corrected chi connectivity index (χ0v) is 26.9. The van der Waals surface area contributed by atoms with Crippen molar-refractivity contribution in [3.8, 4) is 5.75 Å². The molecule has 1 aromatic heterocycles. The van der Waals surface area contributed by atoms with Gasteiger partial charge in [0.25, 0.3) is 5.91 Å². The number of rotatable bonds is 7. The number of likely N-dealkylation sites (N-methyl/N-ethyl adjacent to an activating group) is 1. The van der Waals surface area contributed by atoms with Crippen LogP contribution < -0.4 is 14.8 Å². The average Bonchev–Trinajstić information content (AvgIpc) is 3.25. The number of ether oxygens (including phenoxy) is 2. The van der Waals surface area contributed by atoms with Crippen molar-refractivity contribution in [3.05, 3.63) is 35.2 Å². The Morgan fingerprint density at radius 2 is 1.98 bits per heavy atom. The number of hydrogen-bond donors (Lipinski definition) is 3. The molecule has 13 nitrogen and oxygen atoms in total. The summed E-state index contributed by atoms with van der Waals surface area (Å²) in [7, 11) is -1.92. The molecule has 0 bridgehead atoms. The minimum Gasteiger partial charge on any atom is -0.490 e.